The van der Waals surface area contributed by atoms with Crippen LogP contribution in [-0.2, 0) is 18.1 Å². The number of halogens is 8. The Labute approximate surface area is 214 Å². The summed E-state index contributed by atoms with van der Waals surface area (Å²) in [5.74, 6) is 0. The first-order chi connectivity index (χ1) is 16.3. The summed E-state index contributed by atoms with van der Waals surface area (Å²) in [6.45, 7) is 3.31. The maximum absolute atomic E-state index is 14.4. The number of carboxylic acid groups (broad SMARTS) is 1. The molecular formula is C24H24Cl2F6N2O2. The second kappa shape index (κ2) is 9.52. The van der Waals surface area contributed by atoms with Gasteiger partial charge in [0.1, 0.15) is 5.41 Å². The molecule has 0 spiro atoms. The molecule has 198 valence electrons. The number of nitrogens with zero attached hydrogens (tertiary/aromatic N) is 2. The van der Waals surface area contributed by atoms with Crippen molar-refractivity contribution in [2.75, 3.05) is 18.0 Å². The summed E-state index contributed by atoms with van der Waals surface area (Å²) < 4.78 is 85.0. The summed E-state index contributed by atoms with van der Waals surface area (Å²) in [6, 6.07) is 6.81. The quantitative estimate of drug-likeness (QED) is 0.388. The summed E-state index contributed by atoms with van der Waals surface area (Å²) in [4.78, 5) is 13.7. The number of rotatable bonds is 4. The van der Waals surface area contributed by atoms with E-state index < -0.39 is 54.5 Å². The standard InChI is InChI=1S/C24H24Cl2F6N2O2/c1-21(2,3)34(20(35)36)12-14-4-5-18(11-19(14)23(27,28)29)33-7-6-22(13-33,24(30,31)32)15-8-16(25)10-17(26)9-15/h4-5,8-11H,6-7,12-13H2,1-3H3,(H,35,36). The van der Waals surface area contributed by atoms with Crippen molar-refractivity contribution in [2.45, 2.75) is 57.0 Å². The summed E-state index contributed by atoms with van der Waals surface area (Å²) in [5.41, 5.74) is -4.98. The zero-order chi connectivity index (χ0) is 27.3. The molecule has 1 unspecified atom stereocenters. The molecule has 1 amide bonds. The predicted octanol–water partition coefficient (Wildman–Crippen LogP) is 8.00. The highest BCUT2D eigenvalue weighted by Gasteiger charge is 2.59. The van der Waals surface area contributed by atoms with Gasteiger partial charge in [-0.05, 0) is 68.7 Å². The summed E-state index contributed by atoms with van der Waals surface area (Å²) in [5, 5.41) is 9.52. The van der Waals surface area contributed by atoms with Gasteiger partial charge in [-0.2, -0.15) is 26.3 Å². The third kappa shape index (κ3) is 5.64. The second-order valence-corrected chi connectivity index (χ2v) is 10.7. The van der Waals surface area contributed by atoms with E-state index in [-0.39, 0.29) is 33.4 Å². The first-order valence-corrected chi connectivity index (χ1v) is 11.6. The molecule has 4 nitrogen and oxygen atoms in total. The van der Waals surface area contributed by atoms with Gasteiger partial charge in [0.05, 0.1) is 12.1 Å². The van der Waals surface area contributed by atoms with E-state index in [4.69, 9.17) is 23.2 Å². The minimum absolute atomic E-state index is 0.0186. The lowest BCUT2D eigenvalue weighted by Crippen LogP contribution is -2.45. The van der Waals surface area contributed by atoms with Crippen molar-refractivity contribution < 1.29 is 36.2 Å². The zero-order valence-corrected chi connectivity index (χ0v) is 21.1. The summed E-state index contributed by atoms with van der Waals surface area (Å²) >= 11 is 11.9. The van der Waals surface area contributed by atoms with E-state index >= 15 is 0 Å². The molecule has 0 bridgehead atoms. The third-order valence-electron chi connectivity index (χ3n) is 6.36. The topological polar surface area (TPSA) is 43.8 Å². The van der Waals surface area contributed by atoms with Gasteiger partial charge in [0.15, 0.2) is 0 Å². The predicted molar refractivity (Wildman–Crippen MR) is 126 cm³/mol. The first-order valence-electron chi connectivity index (χ1n) is 10.8. The molecule has 1 saturated heterocycles. The van der Waals surface area contributed by atoms with Crippen LogP contribution >= 0.6 is 23.2 Å². The number of hydrogen-bond donors (Lipinski definition) is 1. The highest BCUT2D eigenvalue weighted by Crippen LogP contribution is 2.50. The molecule has 36 heavy (non-hydrogen) atoms. The smallest absolute Gasteiger partial charge is 0.416 e. The van der Waals surface area contributed by atoms with E-state index in [1.807, 2.05) is 0 Å². The minimum Gasteiger partial charge on any atom is -0.465 e. The average molecular weight is 557 g/mol. The van der Waals surface area contributed by atoms with Gasteiger partial charge in [-0.25, -0.2) is 4.79 Å². The Morgan fingerprint density at radius 1 is 1.03 bits per heavy atom. The Morgan fingerprint density at radius 3 is 2.08 bits per heavy atom. The normalized spacial score (nSPS) is 19.0. The van der Waals surface area contributed by atoms with Crippen molar-refractivity contribution in [3.05, 3.63) is 63.1 Å². The van der Waals surface area contributed by atoms with Gasteiger partial charge in [-0.3, -0.25) is 4.90 Å². The van der Waals surface area contributed by atoms with Crippen molar-refractivity contribution in [1.29, 1.82) is 0 Å². The fourth-order valence-electron chi connectivity index (χ4n) is 4.42. The molecule has 0 aliphatic carbocycles. The fourth-order valence-corrected chi connectivity index (χ4v) is 4.94. The van der Waals surface area contributed by atoms with Gasteiger partial charge >= 0.3 is 18.4 Å². The van der Waals surface area contributed by atoms with Crippen molar-refractivity contribution in [3.8, 4) is 0 Å². The van der Waals surface area contributed by atoms with Crippen LogP contribution < -0.4 is 4.90 Å². The Kier molecular flexibility index (Phi) is 7.47. The van der Waals surface area contributed by atoms with E-state index in [1.54, 1.807) is 20.8 Å². The van der Waals surface area contributed by atoms with Crippen LogP contribution in [0.4, 0.5) is 36.8 Å². The number of hydrogen-bond acceptors (Lipinski definition) is 2. The number of carbonyl (C=O) groups is 1. The molecule has 0 saturated carbocycles. The average Bonchev–Trinajstić information content (AvgIpc) is 3.16. The van der Waals surface area contributed by atoms with Crippen LogP contribution in [0.1, 0.15) is 43.9 Å². The molecule has 0 radical (unpaired) electrons. The molecule has 3 rings (SSSR count). The van der Waals surface area contributed by atoms with Gasteiger partial charge in [0.25, 0.3) is 0 Å². The molecule has 0 aromatic heterocycles. The number of benzene rings is 2. The molecule has 2 aromatic carbocycles. The van der Waals surface area contributed by atoms with Gasteiger partial charge < -0.3 is 10.0 Å². The lowest BCUT2D eigenvalue weighted by molar-refractivity contribution is -0.184. The fraction of sp³-hybridized carbons (Fsp3) is 0.458. The SMILES string of the molecule is CC(C)(C)N(Cc1ccc(N2CCC(c3cc(Cl)cc(Cl)c3)(C(F)(F)F)C2)cc1C(F)(F)F)C(=O)O. The van der Waals surface area contributed by atoms with Gasteiger partial charge in [-0.15, -0.1) is 0 Å². The van der Waals surface area contributed by atoms with Crippen LogP contribution in [-0.4, -0.2) is 40.9 Å². The molecule has 1 aliphatic heterocycles. The van der Waals surface area contributed by atoms with Gasteiger partial charge in [-0.1, -0.05) is 29.3 Å². The maximum Gasteiger partial charge on any atom is 0.416 e. The van der Waals surface area contributed by atoms with Crippen LogP contribution in [0.3, 0.4) is 0 Å². The van der Waals surface area contributed by atoms with E-state index in [1.165, 1.54) is 29.2 Å². The van der Waals surface area contributed by atoms with Crippen LogP contribution in [0.2, 0.25) is 10.0 Å². The molecule has 1 aliphatic rings. The van der Waals surface area contributed by atoms with Gasteiger partial charge in [0, 0.05) is 34.4 Å². The van der Waals surface area contributed by atoms with Crippen LogP contribution in [0, 0.1) is 0 Å². The van der Waals surface area contributed by atoms with Crippen molar-refractivity contribution in [3.63, 3.8) is 0 Å². The van der Waals surface area contributed by atoms with Crippen molar-refractivity contribution >= 4 is 35.0 Å². The van der Waals surface area contributed by atoms with Crippen LogP contribution in [0.25, 0.3) is 0 Å². The largest absolute Gasteiger partial charge is 0.465 e. The third-order valence-corrected chi connectivity index (χ3v) is 6.80. The molecule has 1 N–H and O–H groups in total. The summed E-state index contributed by atoms with van der Waals surface area (Å²) in [7, 11) is 0. The molecular weight excluding hydrogens is 533 g/mol. The Hall–Kier alpha value is -2.33. The second-order valence-electron chi connectivity index (χ2n) is 9.79. The highest BCUT2D eigenvalue weighted by atomic mass is 35.5. The maximum atomic E-state index is 14.4. The first kappa shape index (κ1) is 28.2. The Morgan fingerprint density at radius 2 is 1.61 bits per heavy atom. The molecule has 1 atom stereocenters. The lowest BCUT2D eigenvalue weighted by Gasteiger charge is -2.34. The van der Waals surface area contributed by atoms with Gasteiger partial charge in [0.2, 0.25) is 0 Å². The van der Waals surface area contributed by atoms with Crippen LogP contribution in [0.15, 0.2) is 36.4 Å². The summed E-state index contributed by atoms with van der Waals surface area (Å²) in [6.07, 6.45) is -11.4. The lowest BCUT2D eigenvalue weighted by atomic mass is 9.79. The number of alkyl halides is 6. The minimum atomic E-state index is -4.85. The van der Waals surface area contributed by atoms with E-state index in [2.05, 4.69) is 0 Å². The monoisotopic (exact) mass is 556 g/mol. The van der Waals surface area contributed by atoms with E-state index in [9.17, 15) is 36.2 Å². The number of amides is 1. The molecule has 12 heteroatoms. The zero-order valence-electron chi connectivity index (χ0n) is 19.6. The molecule has 2 aromatic rings. The van der Waals surface area contributed by atoms with E-state index in [0.29, 0.717) is 0 Å². The van der Waals surface area contributed by atoms with Crippen molar-refractivity contribution in [2.24, 2.45) is 0 Å². The molecule has 1 heterocycles. The Balaban J connectivity index is 2.03. The highest BCUT2D eigenvalue weighted by molar-refractivity contribution is 6.34. The van der Waals surface area contributed by atoms with Crippen LogP contribution in [0.5, 0.6) is 0 Å². The van der Waals surface area contributed by atoms with E-state index in [0.717, 1.165) is 17.0 Å². The number of anilines is 1. The Bertz CT molecular complexity index is 1130. The van der Waals surface area contributed by atoms with Crippen molar-refractivity contribution in [1.82, 2.24) is 4.90 Å². The molecule has 1 fully saturated rings.